The molecular weight excluding hydrogens is 324 g/mol. The van der Waals surface area contributed by atoms with Crippen molar-refractivity contribution in [3.05, 3.63) is 35.0 Å². The molecule has 3 heterocycles. The van der Waals surface area contributed by atoms with Crippen LogP contribution >= 0.6 is 11.3 Å². The molecule has 1 aliphatic heterocycles. The van der Waals surface area contributed by atoms with Crippen LogP contribution < -0.4 is 0 Å². The summed E-state index contributed by atoms with van der Waals surface area (Å²) < 4.78 is 26.3. The molecule has 1 saturated heterocycles. The van der Waals surface area contributed by atoms with E-state index in [1.54, 1.807) is 4.90 Å². The fourth-order valence-corrected chi connectivity index (χ4v) is 5.54. The molecular formula is C13H16N4O3S2. The van der Waals surface area contributed by atoms with Crippen LogP contribution in [0.3, 0.4) is 0 Å². The van der Waals surface area contributed by atoms with Gasteiger partial charge >= 0.3 is 0 Å². The van der Waals surface area contributed by atoms with Crippen LogP contribution in [0.2, 0.25) is 0 Å². The first kappa shape index (κ1) is 15.2. The molecule has 7 nitrogen and oxygen atoms in total. The molecule has 1 fully saturated rings. The number of aromatic nitrogens is 3. The Bertz CT molecular complexity index is 725. The molecule has 0 bridgehead atoms. The Morgan fingerprint density at radius 2 is 2.27 bits per heavy atom. The summed E-state index contributed by atoms with van der Waals surface area (Å²) >= 11 is 1.45. The Morgan fingerprint density at radius 3 is 2.95 bits per heavy atom. The third-order valence-electron chi connectivity index (χ3n) is 3.72. The summed E-state index contributed by atoms with van der Waals surface area (Å²) in [5.74, 6) is -0.133. The molecule has 0 N–H and O–H groups in total. The van der Waals surface area contributed by atoms with Gasteiger partial charge in [0.1, 0.15) is 19.2 Å². The maximum Gasteiger partial charge on any atom is 0.244 e. The Morgan fingerprint density at radius 1 is 1.41 bits per heavy atom. The lowest BCUT2D eigenvalue weighted by molar-refractivity contribution is -0.131. The second-order valence-corrected chi connectivity index (χ2v) is 8.42. The van der Waals surface area contributed by atoms with Gasteiger partial charge in [-0.2, -0.15) is 5.10 Å². The molecule has 0 radical (unpaired) electrons. The third-order valence-corrected chi connectivity index (χ3v) is 6.96. The molecule has 0 saturated carbocycles. The van der Waals surface area contributed by atoms with Gasteiger partial charge in [0.05, 0.1) is 11.0 Å². The molecule has 0 aliphatic carbocycles. The van der Waals surface area contributed by atoms with E-state index in [-0.39, 0.29) is 24.7 Å². The van der Waals surface area contributed by atoms with Crippen molar-refractivity contribution in [1.82, 2.24) is 19.7 Å². The number of carbonyl (C=O) groups is 1. The zero-order valence-electron chi connectivity index (χ0n) is 11.8. The largest absolute Gasteiger partial charge is 0.340 e. The van der Waals surface area contributed by atoms with E-state index < -0.39 is 15.1 Å². The van der Waals surface area contributed by atoms with Crippen molar-refractivity contribution in [3.8, 4) is 0 Å². The van der Waals surface area contributed by atoms with Crippen LogP contribution in [0.15, 0.2) is 30.2 Å². The SMILES string of the molecule is O=C(Cn1cncn1)N1CCC(c2cccs2)S(=O)(=O)CC1. The van der Waals surface area contributed by atoms with Crippen LogP contribution in [-0.2, 0) is 21.2 Å². The summed E-state index contributed by atoms with van der Waals surface area (Å²) in [7, 11) is -3.23. The topological polar surface area (TPSA) is 85.2 Å². The first-order valence-corrected chi connectivity index (χ1v) is 9.51. The lowest BCUT2D eigenvalue weighted by Crippen LogP contribution is -2.36. The number of sulfone groups is 1. The monoisotopic (exact) mass is 340 g/mol. The van der Waals surface area contributed by atoms with Crippen LogP contribution in [0.1, 0.15) is 16.5 Å². The van der Waals surface area contributed by atoms with Crippen LogP contribution in [0.5, 0.6) is 0 Å². The number of hydrogen-bond donors (Lipinski definition) is 0. The average molecular weight is 340 g/mol. The van der Waals surface area contributed by atoms with E-state index in [1.807, 2.05) is 17.5 Å². The highest BCUT2D eigenvalue weighted by atomic mass is 32.2. The standard InChI is InChI=1S/C13H16N4O3S2/c18-13(8-17-10-14-9-15-17)16-4-3-12(11-2-1-6-21-11)22(19,20)7-5-16/h1-2,6,9-10,12H,3-5,7-8H2. The minimum atomic E-state index is -3.23. The summed E-state index contributed by atoms with van der Waals surface area (Å²) in [6.45, 7) is 0.761. The maximum absolute atomic E-state index is 12.4. The average Bonchev–Trinajstić information content (AvgIpc) is 3.13. The molecule has 1 unspecified atom stereocenters. The predicted octanol–water partition coefficient (Wildman–Crippen LogP) is 0.728. The Labute approximate surface area is 132 Å². The van der Waals surface area contributed by atoms with Crippen LogP contribution in [-0.4, -0.2) is 52.8 Å². The molecule has 0 spiro atoms. The minimum Gasteiger partial charge on any atom is -0.340 e. The van der Waals surface area contributed by atoms with Gasteiger partial charge in [0.2, 0.25) is 5.91 Å². The van der Waals surface area contributed by atoms with Gasteiger partial charge in [-0.1, -0.05) is 6.07 Å². The summed E-state index contributed by atoms with van der Waals surface area (Å²) in [6, 6.07) is 3.70. The van der Waals surface area contributed by atoms with Gasteiger partial charge in [-0.15, -0.1) is 11.3 Å². The normalized spacial score (nSPS) is 21.5. The summed E-state index contributed by atoms with van der Waals surface area (Å²) in [4.78, 5) is 18.5. The van der Waals surface area contributed by atoms with Crippen molar-refractivity contribution in [1.29, 1.82) is 0 Å². The Hall–Kier alpha value is -1.74. The van der Waals surface area contributed by atoms with Gasteiger partial charge in [0.15, 0.2) is 9.84 Å². The molecule has 1 atom stereocenters. The lowest BCUT2D eigenvalue weighted by Gasteiger charge is -2.19. The van der Waals surface area contributed by atoms with Gasteiger partial charge in [-0.25, -0.2) is 18.1 Å². The Balaban J connectivity index is 1.72. The van der Waals surface area contributed by atoms with Gasteiger partial charge in [-0.3, -0.25) is 4.79 Å². The van der Waals surface area contributed by atoms with E-state index >= 15 is 0 Å². The third kappa shape index (κ3) is 3.20. The molecule has 0 aromatic carbocycles. The molecule has 2 aromatic heterocycles. The van der Waals surface area contributed by atoms with Crippen LogP contribution in [0.4, 0.5) is 0 Å². The van der Waals surface area contributed by atoms with Crippen molar-refractivity contribution >= 4 is 27.1 Å². The van der Waals surface area contributed by atoms with Crippen molar-refractivity contribution in [2.24, 2.45) is 0 Å². The molecule has 1 amide bonds. The lowest BCUT2D eigenvalue weighted by atomic mass is 10.2. The van der Waals surface area contributed by atoms with Crippen molar-refractivity contribution in [2.45, 2.75) is 18.2 Å². The molecule has 118 valence electrons. The first-order valence-electron chi connectivity index (χ1n) is 6.91. The van der Waals surface area contributed by atoms with E-state index in [0.717, 1.165) is 4.88 Å². The van der Waals surface area contributed by atoms with Crippen LogP contribution in [0, 0.1) is 0 Å². The second kappa shape index (κ2) is 6.17. The highest BCUT2D eigenvalue weighted by Gasteiger charge is 2.33. The smallest absolute Gasteiger partial charge is 0.244 e. The van der Waals surface area contributed by atoms with E-state index in [0.29, 0.717) is 13.0 Å². The van der Waals surface area contributed by atoms with E-state index in [4.69, 9.17) is 0 Å². The number of hydrogen-bond acceptors (Lipinski definition) is 6. The molecule has 9 heteroatoms. The summed E-state index contributed by atoms with van der Waals surface area (Å²) in [6.07, 6.45) is 3.28. The summed E-state index contributed by atoms with van der Waals surface area (Å²) in [5.41, 5.74) is 0. The van der Waals surface area contributed by atoms with Crippen molar-refractivity contribution in [2.75, 3.05) is 18.8 Å². The Kier molecular flexibility index (Phi) is 4.25. The molecule has 2 aromatic rings. The highest BCUT2D eigenvalue weighted by molar-refractivity contribution is 7.91. The molecule has 1 aliphatic rings. The second-order valence-electron chi connectivity index (χ2n) is 5.13. The zero-order valence-corrected chi connectivity index (χ0v) is 13.5. The number of carbonyl (C=O) groups excluding carboxylic acids is 1. The number of amides is 1. The zero-order chi connectivity index (χ0) is 15.6. The molecule has 22 heavy (non-hydrogen) atoms. The fourth-order valence-electron chi connectivity index (χ4n) is 2.54. The van der Waals surface area contributed by atoms with Crippen LogP contribution in [0.25, 0.3) is 0 Å². The van der Waals surface area contributed by atoms with Crippen molar-refractivity contribution < 1.29 is 13.2 Å². The van der Waals surface area contributed by atoms with Gasteiger partial charge in [0, 0.05) is 18.0 Å². The minimum absolute atomic E-state index is 0.00133. The van der Waals surface area contributed by atoms with Crippen molar-refractivity contribution in [3.63, 3.8) is 0 Å². The number of nitrogens with zero attached hydrogens (tertiary/aromatic N) is 4. The highest BCUT2D eigenvalue weighted by Crippen LogP contribution is 2.32. The van der Waals surface area contributed by atoms with Gasteiger partial charge < -0.3 is 4.90 Å². The number of rotatable bonds is 3. The first-order chi connectivity index (χ1) is 10.6. The quantitative estimate of drug-likeness (QED) is 0.822. The van der Waals surface area contributed by atoms with Gasteiger partial charge in [-0.05, 0) is 17.9 Å². The fraction of sp³-hybridized carbons (Fsp3) is 0.462. The molecule has 3 rings (SSSR count). The number of thiophene rings is 1. The van der Waals surface area contributed by atoms with E-state index in [1.165, 1.54) is 28.7 Å². The van der Waals surface area contributed by atoms with Gasteiger partial charge in [0.25, 0.3) is 0 Å². The van der Waals surface area contributed by atoms with E-state index in [2.05, 4.69) is 10.1 Å². The van der Waals surface area contributed by atoms with E-state index in [9.17, 15) is 13.2 Å². The summed E-state index contributed by atoms with van der Waals surface area (Å²) in [5, 5.41) is 5.28. The maximum atomic E-state index is 12.4. The predicted molar refractivity (Wildman–Crippen MR) is 82.1 cm³/mol.